The summed E-state index contributed by atoms with van der Waals surface area (Å²) in [6.45, 7) is 0.631. The Morgan fingerprint density at radius 3 is 2.72 bits per heavy atom. The maximum absolute atomic E-state index is 13.1. The van der Waals surface area contributed by atoms with Gasteiger partial charge in [-0.2, -0.15) is 0 Å². The molecule has 3 N–H and O–H groups in total. The summed E-state index contributed by atoms with van der Waals surface area (Å²) in [6.07, 6.45) is 6.22. The first-order chi connectivity index (χ1) is 8.66. The number of benzene rings is 1. The van der Waals surface area contributed by atoms with Crippen LogP contribution in [0.25, 0.3) is 0 Å². The molecule has 0 atom stereocenters. The first-order valence-electron chi connectivity index (χ1n) is 6.43. The predicted octanol–water partition coefficient (Wildman–Crippen LogP) is 3.07. The predicted molar refractivity (Wildman–Crippen MR) is 69.5 cm³/mol. The first kappa shape index (κ1) is 12.9. The highest BCUT2D eigenvalue weighted by atomic mass is 19.1. The molecule has 18 heavy (non-hydrogen) atoms. The zero-order valence-electron chi connectivity index (χ0n) is 10.4. The summed E-state index contributed by atoms with van der Waals surface area (Å²) in [5.74, 6) is 0.524. The van der Waals surface area contributed by atoms with Gasteiger partial charge in [-0.1, -0.05) is 19.3 Å². The molecule has 3 nitrogen and oxygen atoms in total. The lowest BCUT2D eigenvalue weighted by atomic mass is 9.90. The molecule has 0 aromatic heterocycles. The minimum Gasteiger partial charge on any atom is -0.493 e. The Morgan fingerprint density at radius 1 is 1.33 bits per heavy atom. The van der Waals surface area contributed by atoms with Gasteiger partial charge in [-0.15, -0.1) is 0 Å². The van der Waals surface area contributed by atoms with E-state index in [0.717, 1.165) is 0 Å². The van der Waals surface area contributed by atoms with Crippen LogP contribution < -0.4 is 10.5 Å². The fourth-order valence-electron chi connectivity index (χ4n) is 2.40. The van der Waals surface area contributed by atoms with Gasteiger partial charge in [-0.05, 0) is 37.0 Å². The Labute approximate surface area is 107 Å². The molecular formula is C14H19FN2O. The summed E-state index contributed by atoms with van der Waals surface area (Å²) in [5.41, 5.74) is 5.77. The SMILES string of the molecule is N=C(N)c1cc(F)ccc1OCC1CCCCC1. The molecule has 1 aliphatic carbocycles. The number of hydrogen-bond acceptors (Lipinski definition) is 2. The molecule has 0 bridgehead atoms. The molecule has 2 rings (SSSR count). The lowest BCUT2D eigenvalue weighted by molar-refractivity contribution is 0.208. The van der Waals surface area contributed by atoms with Crippen molar-refractivity contribution in [3.8, 4) is 5.75 Å². The van der Waals surface area contributed by atoms with E-state index in [0.29, 0.717) is 23.8 Å². The van der Waals surface area contributed by atoms with E-state index in [-0.39, 0.29) is 5.84 Å². The number of halogens is 1. The smallest absolute Gasteiger partial charge is 0.130 e. The van der Waals surface area contributed by atoms with Crippen molar-refractivity contribution in [1.82, 2.24) is 0 Å². The van der Waals surface area contributed by atoms with E-state index in [1.807, 2.05) is 0 Å². The highest BCUT2D eigenvalue weighted by molar-refractivity contribution is 5.97. The Kier molecular flexibility index (Phi) is 4.18. The van der Waals surface area contributed by atoms with Crippen molar-refractivity contribution in [2.45, 2.75) is 32.1 Å². The lowest BCUT2D eigenvalue weighted by Crippen LogP contribution is -2.18. The van der Waals surface area contributed by atoms with Crippen molar-refractivity contribution in [2.24, 2.45) is 11.7 Å². The van der Waals surface area contributed by atoms with Gasteiger partial charge in [-0.25, -0.2) is 4.39 Å². The summed E-state index contributed by atoms with van der Waals surface area (Å²) < 4.78 is 18.8. The van der Waals surface area contributed by atoms with Crippen LogP contribution in [0.15, 0.2) is 18.2 Å². The summed E-state index contributed by atoms with van der Waals surface area (Å²) in [6, 6.07) is 4.13. The molecule has 1 aromatic carbocycles. The van der Waals surface area contributed by atoms with E-state index < -0.39 is 5.82 Å². The molecule has 1 fully saturated rings. The number of nitrogens with one attached hydrogen (secondary N) is 1. The molecule has 0 unspecified atom stereocenters. The monoisotopic (exact) mass is 250 g/mol. The Bertz CT molecular complexity index is 428. The van der Waals surface area contributed by atoms with Crippen molar-refractivity contribution < 1.29 is 9.13 Å². The minimum atomic E-state index is -0.398. The molecule has 0 amide bonds. The van der Waals surface area contributed by atoms with E-state index in [1.165, 1.54) is 44.2 Å². The quantitative estimate of drug-likeness (QED) is 0.637. The number of ether oxygens (including phenoxy) is 1. The summed E-state index contributed by atoms with van der Waals surface area (Å²) >= 11 is 0. The molecule has 0 heterocycles. The van der Waals surface area contributed by atoms with Crippen LogP contribution in [0.4, 0.5) is 4.39 Å². The van der Waals surface area contributed by atoms with Crippen molar-refractivity contribution in [1.29, 1.82) is 5.41 Å². The number of rotatable bonds is 4. The van der Waals surface area contributed by atoms with Crippen molar-refractivity contribution in [3.05, 3.63) is 29.6 Å². The van der Waals surface area contributed by atoms with E-state index in [2.05, 4.69) is 0 Å². The van der Waals surface area contributed by atoms with E-state index in [9.17, 15) is 4.39 Å². The van der Waals surface area contributed by atoms with Crippen LogP contribution in [0.5, 0.6) is 5.75 Å². The fraction of sp³-hybridized carbons (Fsp3) is 0.500. The maximum Gasteiger partial charge on any atom is 0.130 e. The molecule has 1 aromatic rings. The summed E-state index contributed by atoms with van der Waals surface area (Å²) in [5, 5.41) is 7.43. The molecule has 0 spiro atoms. The van der Waals surface area contributed by atoms with E-state index >= 15 is 0 Å². The highest BCUT2D eigenvalue weighted by Crippen LogP contribution is 2.26. The lowest BCUT2D eigenvalue weighted by Gasteiger charge is -2.22. The van der Waals surface area contributed by atoms with Crippen LogP contribution in [0.3, 0.4) is 0 Å². The first-order valence-corrected chi connectivity index (χ1v) is 6.43. The second-order valence-corrected chi connectivity index (χ2v) is 4.87. The third-order valence-electron chi connectivity index (χ3n) is 3.43. The second-order valence-electron chi connectivity index (χ2n) is 4.87. The van der Waals surface area contributed by atoms with Crippen LogP contribution in [0.1, 0.15) is 37.7 Å². The van der Waals surface area contributed by atoms with Gasteiger partial charge >= 0.3 is 0 Å². The fourth-order valence-corrected chi connectivity index (χ4v) is 2.40. The van der Waals surface area contributed by atoms with Crippen LogP contribution in [0.2, 0.25) is 0 Å². The van der Waals surface area contributed by atoms with Gasteiger partial charge in [0.1, 0.15) is 17.4 Å². The summed E-state index contributed by atoms with van der Waals surface area (Å²) in [4.78, 5) is 0. The second kappa shape index (κ2) is 5.85. The van der Waals surface area contributed by atoms with Gasteiger partial charge in [0.05, 0.1) is 12.2 Å². The van der Waals surface area contributed by atoms with Gasteiger partial charge < -0.3 is 10.5 Å². The largest absolute Gasteiger partial charge is 0.493 e. The van der Waals surface area contributed by atoms with Crippen molar-refractivity contribution in [3.63, 3.8) is 0 Å². The topological polar surface area (TPSA) is 59.1 Å². The highest BCUT2D eigenvalue weighted by Gasteiger charge is 2.15. The maximum atomic E-state index is 13.1. The number of nitrogen functional groups attached to an aromatic ring is 1. The van der Waals surface area contributed by atoms with Gasteiger partial charge in [0, 0.05) is 0 Å². The molecule has 0 aliphatic heterocycles. The van der Waals surface area contributed by atoms with Crippen molar-refractivity contribution >= 4 is 5.84 Å². The molecule has 0 radical (unpaired) electrons. The average molecular weight is 250 g/mol. The summed E-state index contributed by atoms with van der Waals surface area (Å²) in [7, 11) is 0. The Morgan fingerprint density at radius 2 is 2.06 bits per heavy atom. The molecular weight excluding hydrogens is 231 g/mol. The number of hydrogen-bond donors (Lipinski definition) is 2. The number of nitrogens with two attached hydrogens (primary N) is 1. The zero-order chi connectivity index (χ0) is 13.0. The number of amidine groups is 1. The molecule has 0 saturated heterocycles. The van der Waals surface area contributed by atoms with Crippen LogP contribution in [-0.2, 0) is 0 Å². The minimum absolute atomic E-state index is 0.159. The third kappa shape index (κ3) is 3.22. The third-order valence-corrected chi connectivity index (χ3v) is 3.43. The van der Waals surface area contributed by atoms with Gasteiger partial charge in [0.15, 0.2) is 0 Å². The Balaban J connectivity index is 2.01. The van der Waals surface area contributed by atoms with E-state index in [4.69, 9.17) is 15.9 Å². The normalized spacial score (nSPS) is 16.5. The van der Waals surface area contributed by atoms with Crippen molar-refractivity contribution in [2.75, 3.05) is 6.61 Å². The van der Waals surface area contributed by atoms with E-state index in [1.54, 1.807) is 6.07 Å². The van der Waals surface area contributed by atoms with Gasteiger partial charge in [-0.3, -0.25) is 5.41 Å². The average Bonchev–Trinajstić information content (AvgIpc) is 2.38. The van der Waals surface area contributed by atoms with Gasteiger partial charge in [0.25, 0.3) is 0 Å². The van der Waals surface area contributed by atoms with Crippen LogP contribution in [-0.4, -0.2) is 12.4 Å². The Hall–Kier alpha value is -1.58. The van der Waals surface area contributed by atoms with Gasteiger partial charge in [0.2, 0.25) is 0 Å². The molecule has 98 valence electrons. The van der Waals surface area contributed by atoms with Crippen LogP contribution in [0, 0.1) is 17.1 Å². The molecule has 1 aliphatic rings. The zero-order valence-corrected chi connectivity index (χ0v) is 10.4. The molecule has 1 saturated carbocycles. The molecule has 4 heteroatoms. The standard InChI is InChI=1S/C14H19FN2O/c15-11-6-7-13(12(8-11)14(16)17)18-9-10-4-2-1-3-5-10/h6-8,10H,1-5,9H2,(H3,16,17). The van der Waals surface area contributed by atoms with Crippen LogP contribution >= 0.6 is 0 Å².